The molecule has 2 nitrogen and oxygen atoms in total. The van der Waals surface area contributed by atoms with Crippen molar-refractivity contribution >= 4 is 0 Å². The van der Waals surface area contributed by atoms with Crippen molar-refractivity contribution in [2.75, 3.05) is 0 Å². The molecule has 0 saturated heterocycles. The molecule has 0 N–H and O–H groups in total. The minimum atomic E-state index is 0.909. The van der Waals surface area contributed by atoms with Crippen LogP contribution >= 0.6 is 0 Å². The Balaban J connectivity index is 1.74. The van der Waals surface area contributed by atoms with Crippen LogP contribution in [0.25, 0.3) is 0 Å². The second kappa shape index (κ2) is 6.52. The van der Waals surface area contributed by atoms with Crippen LogP contribution in [0, 0.1) is 13.8 Å². The maximum Gasteiger partial charge on any atom is 0.173 e. The van der Waals surface area contributed by atoms with Gasteiger partial charge in [0, 0.05) is 35.4 Å². The molecule has 0 saturated carbocycles. The van der Waals surface area contributed by atoms with Gasteiger partial charge in [0.05, 0.1) is 0 Å². The average Bonchev–Trinajstić information content (AvgIpc) is 2.52. The van der Waals surface area contributed by atoms with Crippen molar-refractivity contribution < 1.29 is 9.13 Å². The van der Waals surface area contributed by atoms with Crippen molar-refractivity contribution in [3.63, 3.8) is 0 Å². The summed E-state index contributed by atoms with van der Waals surface area (Å²) in [4.78, 5) is 0. The van der Waals surface area contributed by atoms with E-state index in [2.05, 4.69) is 96.3 Å². The fourth-order valence-corrected chi connectivity index (χ4v) is 2.52. The summed E-state index contributed by atoms with van der Waals surface area (Å²) in [7, 11) is 0. The third-order valence-electron chi connectivity index (χ3n) is 3.84. The molecule has 2 aromatic heterocycles. The molecular weight excluding hydrogens is 268 g/mol. The highest BCUT2D eigenvalue weighted by Gasteiger charge is 2.06. The van der Waals surface area contributed by atoms with Crippen molar-refractivity contribution in [1.82, 2.24) is 0 Å². The zero-order chi connectivity index (χ0) is 15.4. The number of rotatable bonds is 4. The van der Waals surface area contributed by atoms with E-state index in [0.29, 0.717) is 0 Å². The SMILES string of the molecule is Cc1cc[n+](Cc2cccc(C[n+]3ccc(C)cc3)c2)cc1. The number of pyridine rings is 2. The monoisotopic (exact) mass is 290 g/mol. The Morgan fingerprint density at radius 3 is 1.45 bits per heavy atom. The second-order valence-electron chi connectivity index (χ2n) is 5.92. The molecule has 1 aromatic carbocycles. The maximum atomic E-state index is 2.29. The minimum absolute atomic E-state index is 0.909. The number of nitrogens with zero attached hydrogens (tertiary/aromatic N) is 2. The fourth-order valence-electron chi connectivity index (χ4n) is 2.52. The topological polar surface area (TPSA) is 7.76 Å². The Kier molecular flexibility index (Phi) is 4.29. The van der Waals surface area contributed by atoms with Crippen molar-refractivity contribution in [2.24, 2.45) is 0 Å². The number of hydrogen-bond donors (Lipinski definition) is 0. The summed E-state index contributed by atoms with van der Waals surface area (Å²) in [6.07, 6.45) is 8.54. The molecule has 2 heteroatoms. The first-order chi connectivity index (χ1) is 10.7. The van der Waals surface area contributed by atoms with E-state index < -0.39 is 0 Å². The Hall–Kier alpha value is -2.48. The van der Waals surface area contributed by atoms with Crippen LogP contribution in [0.2, 0.25) is 0 Å². The van der Waals surface area contributed by atoms with Crippen molar-refractivity contribution in [3.8, 4) is 0 Å². The quantitative estimate of drug-likeness (QED) is 0.653. The van der Waals surface area contributed by atoms with E-state index in [1.807, 2.05) is 0 Å². The predicted molar refractivity (Wildman–Crippen MR) is 87.4 cm³/mol. The van der Waals surface area contributed by atoms with E-state index in [4.69, 9.17) is 0 Å². The van der Waals surface area contributed by atoms with Gasteiger partial charge >= 0.3 is 0 Å². The third-order valence-corrected chi connectivity index (χ3v) is 3.84. The molecule has 0 bridgehead atoms. The maximum absolute atomic E-state index is 2.29. The predicted octanol–water partition coefficient (Wildman–Crippen LogP) is 2.98. The number of aromatic nitrogens is 2. The molecule has 3 aromatic rings. The summed E-state index contributed by atoms with van der Waals surface area (Å²) in [5, 5.41) is 0. The molecule has 0 unspecified atom stereocenters. The Labute approximate surface area is 132 Å². The van der Waals surface area contributed by atoms with Gasteiger partial charge in [-0.2, -0.15) is 0 Å². The van der Waals surface area contributed by atoms with Crippen molar-refractivity contribution in [3.05, 3.63) is 95.6 Å². The molecule has 0 aliphatic heterocycles. The highest BCUT2D eigenvalue weighted by molar-refractivity contribution is 5.22. The number of hydrogen-bond acceptors (Lipinski definition) is 0. The van der Waals surface area contributed by atoms with Crippen molar-refractivity contribution in [2.45, 2.75) is 26.9 Å². The van der Waals surface area contributed by atoms with Crippen LogP contribution in [-0.2, 0) is 13.1 Å². The molecule has 0 fully saturated rings. The van der Waals surface area contributed by atoms with Crippen LogP contribution in [0.4, 0.5) is 0 Å². The lowest BCUT2D eigenvalue weighted by atomic mass is 10.1. The molecule has 110 valence electrons. The lowest BCUT2D eigenvalue weighted by molar-refractivity contribution is -0.689. The van der Waals surface area contributed by atoms with Gasteiger partial charge in [0.15, 0.2) is 37.9 Å². The first-order valence-corrected chi connectivity index (χ1v) is 7.68. The van der Waals surface area contributed by atoms with Crippen LogP contribution < -0.4 is 9.13 Å². The summed E-state index contributed by atoms with van der Waals surface area (Å²) < 4.78 is 4.43. The normalized spacial score (nSPS) is 10.6. The number of aryl methyl sites for hydroxylation is 2. The van der Waals surface area contributed by atoms with Gasteiger partial charge in [-0.1, -0.05) is 18.2 Å². The van der Waals surface area contributed by atoms with Crippen LogP contribution in [0.5, 0.6) is 0 Å². The average molecular weight is 290 g/mol. The largest absolute Gasteiger partial charge is 0.201 e. The standard InChI is InChI=1S/C20H22N2/c1-17-6-10-21(11-7-17)15-19-4-3-5-20(14-19)16-22-12-8-18(2)9-13-22/h3-14H,15-16H2,1-2H3/q+2. The van der Waals surface area contributed by atoms with E-state index in [9.17, 15) is 0 Å². The smallest absolute Gasteiger partial charge is 0.173 e. The summed E-state index contributed by atoms with van der Waals surface area (Å²) in [6, 6.07) is 17.4. The highest BCUT2D eigenvalue weighted by atomic mass is 14.9. The van der Waals surface area contributed by atoms with E-state index >= 15 is 0 Å². The Bertz CT molecular complexity index is 681. The van der Waals surface area contributed by atoms with Crippen LogP contribution in [0.3, 0.4) is 0 Å². The lowest BCUT2D eigenvalue weighted by Crippen LogP contribution is -2.34. The van der Waals surface area contributed by atoms with Gasteiger partial charge in [-0.05, 0) is 31.0 Å². The Morgan fingerprint density at radius 2 is 1.05 bits per heavy atom. The van der Waals surface area contributed by atoms with Gasteiger partial charge in [0.25, 0.3) is 0 Å². The van der Waals surface area contributed by atoms with Crippen LogP contribution in [0.15, 0.2) is 73.3 Å². The van der Waals surface area contributed by atoms with Crippen molar-refractivity contribution in [1.29, 1.82) is 0 Å². The fraction of sp³-hybridized carbons (Fsp3) is 0.200. The zero-order valence-corrected chi connectivity index (χ0v) is 13.2. The van der Waals surface area contributed by atoms with Crippen LogP contribution in [-0.4, -0.2) is 0 Å². The summed E-state index contributed by atoms with van der Waals surface area (Å²) in [5.74, 6) is 0. The Morgan fingerprint density at radius 1 is 0.636 bits per heavy atom. The molecule has 3 rings (SSSR count). The molecule has 0 aliphatic carbocycles. The third kappa shape index (κ3) is 3.79. The van der Waals surface area contributed by atoms with Gasteiger partial charge in [0.1, 0.15) is 0 Å². The van der Waals surface area contributed by atoms with Gasteiger partial charge in [0.2, 0.25) is 0 Å². The van der Waals surface area contributed by atoms with Gasteiger partial charge in [-0.3, -0.25) is 0 Å². The second-order valence-corrected chi connectivity index (χ2v) is 5.92. The van der Waals surface area contributed by atoms with Gasteiger partial charge in [-0.25, -0.2) is 9.13 Å². The highest BCUT2D eigenvalue weighted by Crippen LogP contribution is 2.05. The van der Waals surface area contributed by atoms with Gasteiger partial charge in [-0.15, -0.1) is 0 Å². The zero-order valence-electron chi connectivity index (χ0n) is 13.2. The lowest BCUT2D eigenvalue weighted by Gasteiger charge is -2.02. The van der Waals surface area contributed by atoms with Crippen LogP contribution in [0.1, 0.15) is 22.3 Å². The minimum Gasteiger partial charge on any atom is -0.201 e. The molecule has 0 spiro atoms. The van der Waals surface area contributed by atoms with E-state index in [1.165, 1.54) is 22.3 Å². The summed E-state index contributed by atoms with van der Waals surface area (Å²) in [6.45, 7) is 6.05. The number of benzene rings is 1. The summed E-state index contributed by atoms with van der Waals surface area (Å²) in [5.41, 5.74) is 5.25. The van der Waals surface area contributed by atoms with E-state index in [1.54, 1.807) is 0 Å². The van der Waals surface area contributed by atoms with Gasteiger partial charge < -0.3 is 0 Å². The molecule has 0 amide bonds. The van der Waals surface area contributed by atoms with E-state index in [-0.39, 0.29) is 0 Å². The molecule has 0 aliphatic rings. The molecule has 0 radical (unpaired) electrons. The molecular formula is C20H22N2+2. The molecule has 2 heterocycles. The molecule has 0 atom stereocenters. The first kappa shape index (κ1) is 14.5. The first-order valence-electron chi connectivity index (χ1n) is 7.68. The molecule has 22 heavy (non-hydrogen) atoms. The summed E-state index contributed by atoms with van der Waals surface area (Å²) >= 11 is 0. The van der Waals surface area contributed by atoms with E-state index in [0.717, 1.165) is 13.1 Å².